The van der Waals surface area contributed by atoms with E-state index in [1.807, 2.05) is 17.8 Å². The van der Waals surface area contributed by atoms with Gasteiger partial charge in [0, 0.05) is 24.3 Å². The molecule has 2 rings (SSSR count). The minimum absolute atomic E-state index is 0.170. The molecule has 132 valence electrons. The summed E-state index contributed by atoms with van der Waals surface area (Å²) in [6.07, 6.45) is 4.19. The van der Waals surface area contributed by atoms with Crippen molar-refractivity contribution in [2.45, 2.75) is 38.4 Å². The summed E-state index contributed by atoms with van der Waals surface area (Å²) in [7, 11) is 0. The van der Waals surface area contributed by atoms with Gasteiger partial charge in [0.15, 0.2) is 5.96 Å². The summed E-state index contributed by atoms with van der Waals surface area (Å²) >= 11 is 3.64. The molecule has 1 aromatic carbocycles. The van der Waals surface area contributed by atoms with Gasteiger partial charge in [-0.05, 0) is 45.6 Å². The van der Waals surface area contributed by atoms with Crippen LogP contribution < -0.4 is 10.6 Å². The van der Waals surface area contributed by atoms with Crippen molar-refractivity contribution < 1.29 is 0 Å². The first-order valence-corrected chi connectivity index (χ1v) is 10.5. The van der Waals surface area contributed by atoms with E-state index >= 15 is 0 Å². The summed E-state index contributed by atoms with van der Waals surface area (Å²) < 4.78 is 1.44. The van der Waals surface area contributed by atoms with Gasteiger partial charge >= 0.3 is 0 Å². The maximum Gasteiger partial charge on any atom is 0.191 e. The average molecular weight is 365 g/mol. The molecule has 0 aliphatic carbocycles. The second-order valence-electron chi connectivity index (χ2n) is 6.26. The smallest absolute Gasteiger partial charge is 0.191 e. The number of benzene rings is 1. The van der Waals surface area contributed by atoms with Crippen LogP contribution in [0.1, 0.15) is 32.2 Å². The van der Waals surface area contributed by atoms with Gasteiger partial charge in [0.25, 0.3) is 0 Å². The van der Waals surface area contributed by atoms with E-state index in [0.29, 0.717) is 0 Å². The van der Waals surface area contributed by atoms with Crippen molar-refractivity contribution in [1.29, 1.82) is 0 Å². The number of para-hydroxylation sites is 1. The highest BCUT2D eigenvalue weighted by Crippen LogP contribution is 2.22. The average Bonchev–Trinajstić information content (AvgIpc) is 2.99. The number of thiazole rings is 1. The summed E-state index contributed by atoms with van der Waals surface area (Å²) in [5.41, 5.74) is 1.11. The van der Waals surface area contributed by atoms with Gasteiger partial charge in [0.1, 0.15) is 0 Å². The van der Waals surface area contributed by atoms with Crippen LogP contribution >= 0.6 is 23.1 Å². The molecule has 0 aliphatic rings. The molecule has 0 saturated carbocycles. The zero-order valence-electron chi connectivity index (χ0n) is 15.1. The molecule has 2 N–H and O–H groups in total. The zero-order valence-corrected chi connectivity index (χ0v) is 16.7. The maximum atomic E-state index is 4.70. The highest BCUT2D eigenvalue weighted by atomic mass is 32.2. The number of aryl methyl sites for hydroxylation is 1. The third-order valence-corrected chi connectivity index (χ3v) is 6.04. The molecule has 6 heteroatoms. The molecule has 4 nitrogen and oxygen atoms in total. The Morgan fingerprint density at radius 1 is 1.29 bits per heavy atom. The molecule has 24 heavy (non-hydrogen) atoms. The van der Waals surface area contributed by atoms with Crippen molar-refractivity contribution in [2.24, 2.45) is 4.99 Å². The fourth-order valence-corrected chi connectivity index (χ4v) is 3.35. The van der Waals surface area contributed by atoms with Crippen molar-refractivity contribution in [3.8, 4) is 0 Å². The Hall–Kier alpha value is -1.27. The van der Waals surface area contributed by atoms with Crippen molar-refractivity contribution >= 4 is 39.3 Å². The Bertz CT molecular complexity index is 631. The van der Waals surface area contributed by atoms with Crippen LogP contribution in [-0.2, 0) is 6.42 Å². The van der Waals surface area contributed by atoms with E-state index in [4.69, 9.17) is 4.99 Å². The number of hydrogen-bond donors (Lipinski definition) is 2. The van der Waals surface area contributed by atoms with Gasteiger partial charge in [0.2, 0.25) is 0 Å². The first kappa shape index (κ1) is 19.1. The number of nitrogens with one attached hydrogen (secondary N) is 2. The number of thioether (sulfide) groups is 1. The number of aromatic nitrogens is 1. The lowest BCUT2D eigenvalue weighted by molar-refractivity contribution is 0.701. The van der Waals surface area contributed by atoms with Gasteiger partial charge in [-0.2, -0.15) is 11.8 Å². The van der Waals surface area contributed by atoms with E-state index in [0.717, 1.165) is 44.0 Å². The molecule has 0 atom stereocenters. The van der Waals surface area contributed by atoms with Crippen molar-refractivity contribution in [3.05, 3.63) is 29.3 Å². The van der Waals surface area contributed by atoms with Crippen LogP contribution in [0.25, 0.3) is 10.2 Å². The molecule has 1 heterocycles. The lowest BCUT2D eigenvalue weighted by atomic mass is 10.2. The lowest BCUT2D eigenvalue weighted by Gasteiger charge is -2.20. The summed E-state index contributed by atoms with van der Waals surface area (Å²) in [4.78, 5) is 9.38. The molecule has 0 spiro atoms. The largest absolute Gasteiger partial charge is 0.357 e. The Balaban J connectivity index is 1.80. The standard InChI is InChI=1S/C18H28N4S2/c1-5-19-17(21-13-18(2,3)23-4)20-12-8-11-16-22-14-9-6-7-10-15(14)24-16/h6-7,9-10H,5,8,11-13H2,1-4H3,(H2,19,20,21). The Morgan fingerprint density at radius 2 is 2.08 bits per heavy atom. The third kappa shape index (κ3) is 5.98. The third-order valence-electron chi connectivity index (χ3n) is 3.71. The van der Waals surface area contributed by atoms with Gasteiger partial charge in [-0.15, -0.1) is 11.3 Å². The summed E-state index contributed by atoms with van der Waals surface area (Å²) in [6.45, 7) is 9.12. The van der Waals surface area contributed by atoms with E-state index in [-0.39, 0.29) is 4.75 Å². The molecule has 0 unspecified atom stereocenters. The summed E-state index contributed by atoms with van der Waals surface area (Å²) in [5, 5.41) is 7.96. The molecule has 0 saturated heterocycles. The van der Waals surface area contributed by atoms with Crippen LogP contribution in [0.4, 0.5) is 0 Å². The van der Waals surface area contributed by atoms with Crippen LogP contribution in [-0.4, -0.2) is 41.6 Å². The van der Waals surface area contributed by atoms with Crippen LogP contribution in [0, 0.1) is 0 Å². The Morgan fingerprint density at radius 3 is 2.79 bits per heavy atom. The second-order valence-corrected chi connectivity index (χ2v) is 8.89. The zero-order chi connectivity index (χ0) is 17.4. The maximum absolute atomic E-state index is 4.70. The van der Waals surface area contributed by atoms with E-state index in [2.05, 4.69) is 60.8 Å². The van der Waals surface area contributed by atoms with Gasteiger partial charge in [-0.25, -0.2) is 4.98 Å². The van der Waals surface area contributed by atoms with Crippen LogP contribution in [0.15, 0.2) is 29.3 Å². The number of guanidine groups is 1. The summed E-state index contributed by atoms with van der Waals surface area (Å²) in [5.74, 6) is 0.906. The van der Waals surface area contributed by atoms with Crippen LogP contribution in [0.2, 0.25) is 0 Å². The molecule has 0 radical (unpaired) electrons. The molecule has 0 amide bonds. The van der Waals surface area contributed by atoms with Crippen molar-refractivity contribution in [3.63, 3.8) is 0 Å². The topological polar surface area (TPSA) is 49.3 Å². The van der Waals surface area contributed by atoms with E-state index in [9.17, 15) is 0 Å². The molecule has 2 aromatic rings. The molecular weight excluding hydrogens is 336 g/mol. The summed E-state index contributed by atoms with van der Waals surface area (Å²) in [6, 6.07) is 8.33. The lowest BCUT2D eigenvalue weighted by Crippen LogP contribution is -2.39. The van der Waals surface area contributed by atoms with E-state index < -0.39 is 0 Å². The van der Waals surface area contributed by atoms with Gasteiger partial charge in [-0.3, -0.25) is 4.99 Å². The first-order valence-electron chi connectivity index (χ1n) is 8.46. The van der Waals surface area contributed by atoms with Crippen molar-refractivity contribution in [2.75, 3.05) is 25.9 Å². The van der Waals surface area contributed by atoms with E-state index in [1.165, 1.54) is 9.71 Å². The van der Waals surface area contributed by atoms with Gasteiger partial charge in [0.05, 0.1) is 21.8 Å². The quantitative estimate of drug-likeness (QED) is 0.423. The first-order chi connectivity index (χ1) is 11.5. The fourth-order valence-electron chi connectivity index (χ4n) is 2.15. The number of hydrogen-bond acceptors (Lipinski definition) is 4. The molecule has 0 fully saturated rings. The molecular formula is C18H28N4S2. The SMILES string of the molecule is CCNC(=NCC(C)(C)SC)NCCCc1nc2ccccc2s1. The van der Waals surface area contributed by atoms with Gasteiger partial charge < -0.3 is 10.6 Å². The van der Waals surface area contributed by atoms with Crippen LogP contribution in [0.5, 0.6) is 0 Å². The monoisotopic (exact) mass is 364 g/mol. The minimum Gasteiger partial charge on any atom is -0.357 e. The highest BCUT2D eigenvalue weighted by molar-refractivity contribution is 7.99. The fraction of sp³-hybridized carbons (Fsp3) is 0.556. The van der Waals surface area contributed by atoms with Crippen LogP contribution in [0.3, 0.4) is 0 Å². The second kappa shape index (κ2) is 9.28. The minimum atomic E-state index is 0.170. The molecule has 0 bridgehead atoms. The predicted molar refractivity (Wildman–Crippen MR) is 110 cm³/mol. The molecule has 0 aliphatic heterocycles. The Labute approximate surface area is 153 Å². The van der Waals surface area contributed by atoms with E-state index in [1.54, 1.807) is 11.3 Å². The Kier molecular flexibility index (Phi) is 7.37. The number of fused-ring (bicyclic) bond motifs is 1. The number of rotatable bonds is 8. The number of nitrogens with zero attached hydrogens (tertiary/aromatic N) is 2. The highest BCUT2D eigenvalue weighted by Gasteiger charge is 2.15. The van der Waals surface area contributed by atoms with Crippen molar-refractivity contribution in [1.82, 2.24) is 15.6 Å². The predicted octanol–water partition coefficient (Wildman–Crippen LogP) is 3.93. The van der Waals surface area contributed by atoms with Gasteiger partial charge in [-0.1, -0.05) is 12.1 Å². The number of aliphatic imine (C=N–C) groups is 1. The normalized spacial score (nSPS) is 12.6. The molecule has 1 aromatic heterocycles.